The van der Waals surface area contributed by atoms with Gasteiger partial charge in [-0.3, -0.25) is 9.59 Å². The van der Waals surface area contributed by atoms with E-state index in [1.54, 1.807) is 18.2 Å². The van der Waals surface area contributed by atoms with Crippen molar-refractivity contribution in [2.75, 3.05) is 5.32 Å². The van der Waals surface area contributed by atoms with Crippen LogP contribution in [-0.2, 0) is 25.2 Å². The molecule has 6 nitrogen and oxygen atoms in total. The summed E-state index contributed by atoms with van der Waals surface area (Å²) in [5.74, 6) is -2.38. The number of carbonyl (C=O) groups excluding carboxylic acids is 2. The van der Waals surface area contributed by atoms with Crippen LogP contribution in [0.25, 0.3) is 11.1 Å². The second-order valence-electron chi connectivity index (χ2n) is 9.85. The molecule has 43 heavy (non-hydrogen) atoms. The number of aryl methyl sites for hydroxylation is 1. The summed E-state index contributed by atoms with van der Waals surface area (Å²) in [6.45, 7) is 0. The fourth-order valence-electron chi connectivity index (χ4n) is 4.92. The lowest BCUT2D eigenvalue weighted by molar-refractivity contribution is -0.143. The molecule has 0 spiro atoms. The number of hydrogen-bond acceptors (Lipinski definition) is 4. The number of halogens is 7. The van der Waals surface area contributed by atoms with Gasteiger partial charge in [-0.2, -0.15) is 30.7 Å². The third-order valence-electron chi connectivity index (χ3n) is 6.93. The van der Waals surface area contributed by atoms with Crippen LogP contribution in [0.15, 0.2) is 72.9 Å². The summed E-state index contributed by atoms with van der Waals surface area (Å²) < 4.78 is 93.5. The van der Waals surface area contributed by atoms with E-state index >= 15 is 0 Å². The number of pyridine rings is 2. The molecule has 0 saturated heterocycles. The van der Waals surface area contributed by atoms with Gasteiger partial charge in [-0.25, -0.2) is 9.97 Å². The van der Waals surface area contributed by atoms with E-state index < -0.39 is 52.6 Å². The molecule has 0 fully saturated rings. The van der Waals surface area contributed by atoms with E-state index in [1.807, 2.05) is 17.4 Å². The van der Waals surface area contributed by atoms with Crippen LogP contribution in [-0.4, -0.2) is 27.8 Å². The summed E-state index contributed by atoms with van der Waals surface area (Å²) in [6.07, 6.45) is -7.30. The molecule has 4 aromatic rings. The van der Waals surface area contributed by atoms with Crippen LogP contribution in [0.5, 0.6) is 0 Å². The van der Waals surface area contributed by atoms with Crippen molar-refractivity contribution in [3.05, 3.63) is 113 Å². The zero-order chi connectivity index (χ0) is 30.9. The lowest BCUT2D eigenvalue weighted by atomic mass is 9.83. The Morgan fingerprint density at radius 3 is 2.07 bits per heavy atom. The molecule has 5 rings (SSSR count). The van der Waals surface area contributed by atoms with Crippen molar-refractivity contribution >= 4 is 17.5 Å². The summed E-state index contributed by atoms with van der Waals surface area (Å²) in [5, 5.41) is 4.84. The number of rotatable bonds is 5. The Hall–Kier alpha value is -4.81. The summed E-state index contributed by atoms with van der Waals surface area (Å²) in [4.78, 5) is 33.5. The number of nitrogens with zero attached hydrogens (tertiary/aromatic N) is 2. The van der Waals surface area contributed by atoms with Crippen molar-refractivity contribution in [1.29, 1.82) is 0 Å². The maximum absolute atomic E-state index is 14.4. The van der Waals surface area contributed by atoms with Crippen LogP contribution in [0, 0.1) is 5.95 Å². The molecular weight excluding hydrogens is 581 g/mol. The van der Waals surface area contributed by atoms with Crippen LogP contribution in [0.2, 0.25) is 0 Å². The number of alkyl halides is 6. The minimum Gasteiger partial charge on any atom is -0.348 e. The van der Waals surface area contributed by atoms with Gasteiger partial charge in [0, 0.05) is 23.5 Å². The Morgan fingerprint density at radius 2 is 1.42 bits per heavy atom. The molecular formula is C30H21F7N4O2. The highest BCUT2D eigenvalue weighted by atomic mass is 19.4. The molecule has 1 atom stereocenters. The van der Waals surface area contributed by atoms with Crippen LogP contribution in [0.4, 0.5) is 36.4 Å². The Labute approximate surface area is 240 Å². The first-order chi connectivity index (χ1) is 20.3. The molecule has 1 aliphatic carbocycles. The van der Waals surface area contributed by atoms with Gasteiger partial charge < -0.3 is 10.6 Å². The molecule has 2 N–H and O–H groups in total. The summed E-state index contributed by atoms with van der Waals surface area (Å²) in [6, 6.07) is 12.9. The molecule has 2 amide bonds. The second kappa shape index (κ2) is 11.5. The number of nitrogens with one attached hydrogen (secondary N) is 2. The van der Waals surface area contributed by atoms with Gasteiger partial charge in [0.2, 0.25) is 5.95 Å². The van der Waals surface area contributed by atoms with Crippen molar-refractivity contribution in [2.24, 2.45) is 0 Å². The van der Waals surface area contributed by atoms with Crippen molar-refractivity contribution in [2.45, 2.75) is 37.7 Å². The van der Waals surface area contributed by atoms with Gasteiger partial charge in [-0.15, -0.1) is 0 Å². The van der Waals surface area contributed by atoms with Crippen molar-refractivity contribution in [3.8, 4) is 11.1 Å². The maximum atomic E-state index is 14.4. The molecule has 0 bridgehead atoms. The molecule has 13 heteroatoms. The first-order valence-electron chi connectivity index (χ1n) is 12.9. The van der Waals surface area contributed by atoms with Crippen molar-refractivity contribution in [1.82, 2.24) is 15.3 Å². The van der Waals surface area contributed by atoms with Gasteiger partial charge in [0.1, 0.15) is 11.4 Å². The SMILES string of the molecule is O=C(Nc1cc(C(F)(F)F)cc(C(F)(F)F)c1)c1cccc(C(=O)NC2CCc3cccc(-c4cccnc4F)c3C2)n1. The zero-order valence-electron chi connectivity index (χ0n) is 22.0. The number of anilines is 1. The molecule has 0 radical (unpaired) electrons. The fourth-order valence-corrected chi connectivity index (χ4v) is 4.92. The van der Waals surface area contributed by atoms with E-state index in [4.69, 9.17) is 0 Å². The smallest absolute Gasteiger partial charge is 0.348 e. The van der Waals surface area contributed by atoms with Crippen LogP contribution in [0.1, 0.15) is 49.7 Å². The van der Waals surface area contributed by atoms with E-state index in [9.17, 15) is 40.3 Å². The van der Waals surface area contributed by atoms with Gasteiger partial charge in [0.05, 0.1) is 11.1 Å². The van der Waals surface area contributed by atoms with Crippen molar-refractivity contribution < 1.29 is 40.3 Å². The second-order valence-corrected chi connectivity index (χ2v) is 9.85. The molecule has 0 aliphatic heterocycles. The lowest BCUT2D eigenvalue weighted by Crippen LogP contribution is -2.39. The molecule has 1 unspecified atom stereocenters. The average Bonchev–Trinajstić information content (AvgIpc) is 2.96. The fraction of sp³-hybridized carbons (Fsp3) is 0.200. The highest BCUT2D eigenvalue weighted by Gasteiger charge is 2.37. The number of hydrogen-bond donors (Lipinski definition) is 2. The molecule has 1 aliphatic rings. The molecule has 2 aromatic carbocycles. The Bertz CT molecular complexity index is 1670. The van der Waals surface area contributed by atoms with E-state index in [0.717, 1.165) is 17.2 Å². The van der Waals surface area contributed by atoms with Gasteiger partial charge in [-0.05, 0) is 78.4 Å². The number of carbonyl (C=O) groups is 2. The predicted molar refractivity (Wildman–Crippen MR) is 142 cm³/mol. The Balaban J connectivity index is 1.32. The molecule has 2 aromatic heterocycles. The number of benzene rings is 2. The highest BCUT2D eigenvalue weighted by molar-refractivity contribution is 6.04. The van der Waals surface area contributed by atoms with E-state index in [-0.39, 0.29) is 17.8 Å². The van der Waals surface area contributed by atoms with Gasteiger partial charge in [0.15, 0.2) is 0 Å². The monoisotopic (exact) mass is 602 g/mol. The first kappa shape index (κ1) is 29.7. The Morgan fingerprint density at radius 1 is 0.791 bits per heavy atom. The summed E-state index contributed by atoms with van der Waals surface area (Å²) in [7, 11) is 0. The number of aromatic nitrogens is 2. The standard InChI is InChI=1S/C30H21F7N4O2/c31-26-22(6-3-11-38-26)21-5-1-4-16-9-10-19(15-23(16)21)39-27(42)24-7-2-8-25(41-24)28(43)40-20-13-17(29(32,33)34)12-18(14-20)30(35,36)37/h1-8,11-14,19H,9-10,15H2,(H,39,42)(H,40,43). The third kappa shape index (κ3) is 6.65. The van der Waals surface area contributed by atoms with E-state index in [0.29, 0.717) is 42.5 Å². The quantitative estimate of drug-likeness (QED) is 0.193. The number of fused-ring (bicyclic) bond motifs is 1. The summed E-state index contributed by atoms with van der Waals surface area (Å²) >= 11 is 0. The normalized spacial score (nSPS) is 15.0. The van der Waals surface area contributed by atoms with Crippen LogP contribution >= 0.6 is 0 Å². The maximum Gasteiger partial charge on any atom is 0.416 e. The predicted octanol–water partition coefficient (Wildman–Crippen LogP) is 6.86. The van der Waals surface area contributed by atoms with Gasteiger partial charge in [-0.1, -0.05) is 24.3 Å². The molecule has 222 valence electrons. The van der Waals surface area contributed by atoms with Crippen LogP contribution < -0.4 is 10.6 Å². The average molecular weight is 603 g/mol. The summed E-state index contributed by atoms with van der Waals surface area (Å²) in [5.41, 5.74) is -1.68. The topological polar surface area (TPSA) is 84.0 Å². The van der Waals surface area contributed by atoms with Crippen molar-refractivity contribution in [3.63, 3.8) is 0 Å². The molecule has 0 saturated carbocycles. The van der Waals surface area contributed by atoms with E-state index in [1.165, 1.54) is 18.3 Å². The zero-order valence-corrected chi connectivity index (χ0v) is 22.0. The minimum atomic E-state index is -5.09. The van der Waals surface area contributed by atoms with Gasteiger partial charge in [0.25, 0.3) is 11.8 Å². The number of amides is 2. The lowest BCUT2D eigenvalue weighted by Gasteiger charge is -2.27. The molecule has 2 heterocycles. The highest BCUT2D eigenvalue weighted by Crippen LogP contribution is 2.38. The van der Waals surface area contributed by atoms with Gasteiger partial charge >= 0.3 is 12.4 Å². The largest absolute Gasteiger partial charge is 0.416 e. The third-order valence-corrected chi connectivity index (χ3v) is 6.93. The Kier molecular flexibility index (Phi) is 7.91. The first-order valence-corrected chi connectivity index (χ1v) is 12.9. The minimum absolute atomic E-state index is 0.0568. The van der Waals surface area contributed by atoms with E-state index in [2.05, 4.69) is 15.3 Å². The van der Waals surface area contributed by atoms with Crippen LogP contribution in [0.3, 0.4) is 0 Å².